The highest BCUT2D eigenvalue weighted by atomic mass is 32.1. The van der Waals surface area contributed by atoms with E-state index in [1.54, 1.807) is 24.4 Å². The standard InChI is InChI=1S/C36H40N6O6S/c1-21(2)14-26-17-42(36(46)25-11-12-30-24(16-25)10-7-13-47-30)18-31(43)39-27(15-23-8-5-4-6-9-23)35-41-29(20-49-35)33(45)37-22(3)34-40-28(19-48-34)32(44)38-26/h4-6,8-9,11-12,16,19-22,26-27H,7,10,13-15,17-18H2,1-3H3,(H,37,45)(H,38,44)(H,39,43)/t22-,26-,27-/m1/s1. The molecule has 0 unspecified atom stereocenters. The van der Waals surface area contributed by atoms with Crippen molar-refractivity contribution in [3.63, 3.8) is 0 Å². The zero-order valence-corrected chi connectivity index (χ0v) is 28.5. The molecule has 0 radical (unpaired) electrons. The lowest BCUT2D eigenvalue weighted by Crippen LogP contribution is -2.50. The normalized spacial score (nSPS) is 20.3. The average Bonchev–Trinajstić information content (AvgIpc) is 3.79. The number of nitrogens with zero attached hydrogens (tertiary/aromatic N) is 3. The van der Waals surface area contributed by atoms with Crippen LogP contribution >= 0.6 is 11.3 Å². The molecule has 49 heavy (non-hydrogen) atoms. The van der Waals surface area contributed by atoms with Crippen LogP contribution in [0, 0.1) is 5.92 Å². The van der Waals surface area contributed by atoms with Gasteiger partial charge < -0.3 is 30.0 Å². The van der Waals surface area contributed by atoms with Crippen molar-refractivity contribution in [2.24, 2.45) is 5.92 Å². The van der Waals surface area contributed by atoms with Crippen molar-refractivity contribution in [1.29, 1.82) is 0 Å². The van der Waals surface area contributed by atoms with E-state index in [1.165, 1.54) is 22.5 Å². The molecule has 0 aliphatic carbocycles. The third-order valence-corrected chi connectivity index (χ3v) is 9.41. The second-order valence-electron chi connectivity index (χ2n) is 12.9. The van der Waals surface area contributed by atoms with E-state index in [1.807, 2.05) is 50.2 Å². The molecule has 13 heteroatoms. The van der Waals surface area contributed by atoms with Crippen molar-refractivity contribution in [1.82, 2.24) is 30.8 Å². The molecule has 4 amide bonds. The molecule has 3 N–H and O–H groups in total. The summed E-state index contributed by atoms with van der Waals surface area (Å²) in [4.78, 5) is 65.2. The number of hydrogen-bond acceptors (Lipinski definition) is 9. The molecular formula is C36H40N6O6S. The van der Waals surface area contributed by atoms with Gasteiger partial charge in [0.1, 0.15) is 28.8 Å². The molecule has 2 aliphatic rings. The predicted octanol–water partition coefficient (Wildman–Crippen LogP) is 4.65. The molecule has 12 nitrogen and oxygen atoms in total. The highest BCUT2D eigenvalue weighted by Gasteiger charge is 2.29. The van der Waals surface area contributed by atoms with Gasteiger partial charge in [-0.1, -0.05) is 44.2 Å². The Morgan fingerprint density at radius 2 is 1.82 bits per heavy atom. The van der Waals surface area contributed by atoms with E-state index in [-0.39, 0.29) is 42.2 Å². The summed E-state index contributed by atoms with van der Waals surface area (Å²) in [6.07, 6.45) is 3.84. The third kappa shape index (κ3) is 8.34. The number of carbonyl (C=O) groups is 4. The summed E-state index contributed by atoms with van der Waals surface area (Å²) in [5.41, 5.74) is 2.55. The Hall–Kier alpha value is -5.04. The maximum absolute atomic E-state index is 14.2. The van der Waals surface area contributed by atoms with Crippen LogP contribution in [0.25, 0.3) is 0 Å². The monoisotopic (exact) mass is 684 g/mol. The summed E-state index contributed by atoms with van der Waals surface area (Å²) >= 11 is 1.26. The Bertz CT molecular complexity index is 1820. The van der Waals surface area contributed by atoms with Gasteiger partial charge in [0.25, 0.3) is 17.7 Å². The molecule has 4 aromatic rings. The first-order chi connectivity index (χ1) is 23.6. The van der Waals surface area contributed by atoms with Crippen LogP contribution < -0.4 is 20.7 Å². The lowest BCUT2D eigenvalue weighted by Gasteiger charge is -2.30. The number of aryl methyl sites for hydroxylation is 1. The molecule has 0 saturated heterocycles. The van der Waals surface area contributed by atoms with Gasteiger partial charge in [-0.05, 0) is 67.9 Å². The molecule has 2 aromatic heterocycles. The minimum absolute atomic E-state index is 0.0379. The van der Waals surface area contributed by atoms with Crippen LogP contribution in [0.4, 0.5) is 0 Å². The van der Waals surface area contributed by atoms with Gasteiger partial charge in [-0.15, -0.1) is 11.3 Å². The molecule has 0 saturated carbocycles. The number of amides is 4. The minimum atomic E-state index is -0.653. The number of oxazole rings is 1. The van der Waals surface area contributed by atoms with Crippen LogP contribution in [0.5, 0.6) is 5.75 Å². The van der Waals surface area contributed by atoms with Crippen molar-refractivity contribution in [2.75, 3.05) is 19.7 Å². The molecule has 3 atom stereocenters. The molecule has 6 rings (SSSR count). The Morgan fingerprint density at radius 3 is 2.61 bits per heavy atom. The molecule has 256 valence electrons. The van der Waals surface area contributed by atoms with E-state index in [9.17, 15) is 19.2 Å². The van der Waals surface area contributed by atoms with Gasteiger partial charge >= 0.3 is 0 Å². The van der Waals surface area contributed by atoms with Crippen LogP contribution in [0.3, 0.4) is 0 Å². The molecule has 2 aliphatic heterocycles. The highest BCUT2D eigenvalue weighted by Crippen LogP contribution is 2.27. The fourth-order valence-corrected chi connectivity index (χ4v) is 6.96. The molecule has 4 bridgehead atoms. The van der Waals surface area contributed by atoms with Gasteiger partial charge in [-0.3, -0.25) is 19.2 Å². The first kappa shape index (κ1) is 33.8. The maximum atomic E-state index is 14.2. The van der Waals surface area contributed by atoms with Crippen LogP contribution in [0.15, 0.2) is 64.6 Å². The van der Waals surface area contributed by atoms with E-state index in [2.05, 4.69) is 25.9 Å². The number of nitrogens with one attached hydrogen (secondary N) is 3. The van der Waals surface area contributed by atoms with E-state index in [0.717, 1.165) is 29.7 Å². The van der Waals surface area contributed by atoms with Crippen LogP contribution in [-0.2, 0) is 17.6 Å². The Kier molecular flexibility index (Phi) is 10.4. The first-order valence-corrected chi connectivity index (χ1v) is 17.4. The second-order valence-corrected chi connectivity index (χ2v) is 13.8. The minimum Gasteiger partial charge on any atom is -0.493 e. The van der Waals surface area contributed by atoms with Crippen LogP contribution in [0.2, 0.25) is 0 Å². The van der Waals surface area contributed by atoms with Crippen LogP contribution in [0.1, 0.15) is 99.1 Å². The SMILES string of the molecule is CC(C)C[C@@H]1CN(C(=O)c2ccc3c(c2)CCCO3)CC(=O)N[C@H](Cc2ccccc2)c2nc(cs2)C(=O)N[C@H](C)c2nc(co2)C(=O)N1. The Labute approximate surface area is 288 Å². The van der Waals surface area contributed by atoms with Gasteiger partial charge in [-0.25, -0.2) is 9.97 Å². The number of ether oxygens (including phenoxy) is 1. The molecular weight excluding hydrogens is 644 g/mol. The smallest absolute Gasteiger partial charge is 0.273 e. The summed E-state index contributed by atoms with van der Waals surface area (Å²) in [5, 5.41) is 11.1. The Morgan fingerprint density at radius 1 is 1.02 bits per heavy atom. The van der Waals surface area contributed by atoms with Crippen molar-refractivity contribution >= 4 is 35.0 Å². The summed E-state index contributed by atoms with van der Waals surface area (Å²) in [6.45, 7) is 6.18. The van der Waals surface area contributed by atoms with Gasteiger partial charge in [0.15, 0.2) is 5.69 Å². The van der Waals surface area contributed by atoms with Crippen LogP contribution in [-0.4, -0.2) is 64.2 Å². The van der Waals surface area contributed by atoms with E-state index < -0.39 is 35.8 Å². The third-order valence-electron chi connectivity index (χ3n) is 8.45. The lowest BCUT2D eigenvalue weighted by atomic mass is 10.0. The van der Waals surface area contributed by atoms with Gasteiger partial charge in [0.2, 0.25) is 11.8 Å². The maximum Gasteiger partial charge on any atom is 0.273 e. The Balaban J connectivity index is 1.37. The van der Waals surface area contributed by atoms with E-state index in [0.29, 0.717) is 30.0 Å². The summed E-state index contributed by atoms with van der Waals surface area (Å²) < 4.78 is 11.4. The molecule has 0 spiro atoms. The number of hydrogen-bond donors (Lipinski definition) is 3. The highest BCUT2D eigenvalue weighted by molar-refractivity contribution is 7.09. The quantitative estimate of drug-likeness (QED) is 0.275. The van der Waals surface area contributed by atoms with Gasteiger partial charge in [-0.2, -0.15) is 0 Å². The zero-order chi connectivity index (χ0) is 34.5. The first-order valence-electron chi connectivity index (χ1n) is 16.5. The lowest BCUT2D eigenvalue weighted by molar-refractivity contribution is -0.122. The molecule has 2 aromatic carbocycles. The van der Waals surface area contributed by atoms with Gasteiger partial charge in [0, 0.05) is 23.5 Å². The fraction of sp³-hybridized carbons (Fsp3) is 0.389. The second kappa shape index (κ2) is 15.0. The zero-order valence-electron chi connectivity index (χ0n) is 27.7. The number of carbonyl (C=O) groups excluding carboxylic acids is 4. The largest absolute Gasteiger partial charge is 0.493 e. The van der Waals surface area contributed by atoms with Crippen molar-refractivity contribution in [2.45, 2.75) is 64.6 Å². The number of fused-ring (bicyclic) bond motifs is 5. The summed E-state index contributed by atoms with van der Waals surface area (Å²) in [6, 6.07) is 13.3. The number of rotatable bonds is 5. The predicted molar refractivity (Wildman–Crippen MR) is 182 cm³/mol. The fourth-order valence-electron chi connectivity index (χ4n) is 6.11. The van der Waals surface area contributed by atoms with Crippen molar-refractivity contribution in [3.05, 3.63) is 99.2 Å². The van der Waals surface area contributed by atoms with E-state index >= 15 is 0 Å². The van der Waals surface area contributed by atoms with Gasteiger partial charge in [0.05, 0.1) is 19.2 Å². The molecule has 0 fully saturated rings. The average molecular weight is 685 g/mol. The number of aromatic nitrogens is 2. The van der Waals surface area contributed by atoms with E-state index in [4.69, 9.17) is 9.15 Å². The summed E-state index contributed by atoms with van der Waals surface area (Å²) in [5.74, 6) is -0.602. The summed E-state index contributed by atoms with van der Waals surface area (Å²) in [7, 11) is 0. The van der Waals surface area contributed by atoms with Crippen molar-refractivity contribution in [3.8, 4) is 5.75 Å². The number of benzene rings is 2. The molecule has 4 heterocycles. The topological polar surface area (TPSA) is 156 Å². The number of thiazole rings is 1. The van der Waals surface area contributed by atoms with Crippen molar-refractivity contribution < 1.29 is 28.3 Å².